The van der Waals surface area contributed by atoms with Crippen LogP contribution in [-0.4, -0.2) is 29.4 Å². The number of carbonyl (C=O) groups excluding carboxylic acids is 1. The predicted molar refractivity (Wildman–Crippen MR) is 82.6 cm³/mol. The Balaban J connectivity index is 2.11. The van der Waals surface area contributed by atoms with Crippen molar-refractivity contribution < 1.29 is 9.53 Å². The summed E-state index contributed by atoms with van der Waals surface area (Å²) in [6.45, 7) is 1.74. The largest absolute Gasteiger partial charge is 0.480 e. The van der Waals surface area contributed by atoms with E-state index in [0.29, 0.717) is 22.2 Å². The number of benzene rings is 1. The Morgan fingerprint density at radius 3 is 2.81 bits per heavy atom. The molecule has 0 amide bonds. The van der Waals surface area contributed by atoms with Gasteiger partial charge < -0.3 is 10.1 Å². The number of halogens is 2. The SMILES string of the molecule is CNc1nc(Cl)ncc1OCC(=O)c1ccc(C)cc1Cl. The van der Waals surface area contributed by atoms with Gasteiger partial charge in [0.05, 0.1) is 11.2 Å². The molecular formula is C14H13Cl2N3O2. The van der Waals surface area contributed by atoms with Gasteiger partial charge in [-0.15, -0.1) is 0 Å². The van der Waals surface area contributed by atoms with Gasteiger partial charge in [0, 0.05) is 12.6 Å². The van der Waals surface area contributed by atoms with Gasteiger partial charge >= 0.3 is 0 Å². The van der Waals surface area contributed by atoms with Crippen LogP contribution in [0.15, 0.2) is 24.4 Å². The fourth-order valence-corrected chi connectivity index (χ4v) is 2.18. The quantitative estimate of drug-likeness (QED) is 0.674. The minimum absolute atomic E-state index is 0.0969. The third-order valence-corrected chi connectivity index (χ3v) is 3.24. The van der Waals surface area contributed by atoms with Crippen molar-refractivity contribution in [3.63, 3.8) is 0 Å². The second kappa shape index (κ2) is 6.74. The first-order chi connectivity index (χ1) is 10.0. The van der Waals surface area contributed by atoms with Crippen molar-refractivity contribution in [1.82, 2.24) is 9.97 Å². The van der Waals surface area contributed by atoms with Crippen LogP contribution in [0.3, 0.4) is 0 Å². The highest BCUT2D eigenvalue weighted by atomic mass is 35.5. The Hall–Kier alpha value is -1.85. The van der Waals surface area contributed by atoms with E-state index in [1.807, 2.05) is 13.0 Å². The Morgan fingerprint density at radius 1 is 1.38 bits per heavy atom. The van der Waals surface area contributed by atoms with E-state index in [-0.39, 0.29) is 17.7 Å². The molecule has 1 aromatic carbocycles. The molecule has 21 heavy (non-hydrogen) atoms. The molecule has 0 saturated heterocycles. The van der Waals surface area contributed by atoms with Crippen molar-refractivity contribution in [3.05, 3.63) is 45.8 Å². The second-order valence-corrected chi connectivity index (χ2v) is 5.04. The molecule has 0 aliphatic rings. The minimum atomic E-state index is -0.225. The number of nitrogens with zero attached hydrogens (tertiary/aromatic N) is 2. The van der Waals surface area contributed by atoms with Crippen LogP contribution in [-0.2, 0) is 0 Å². The highest BCUT2D eigenvalue weighted by molar-refractivity contribution is 6.34. The summed E-state index contributed by atoms with van der Waals surface area (Å²) in [5.41, 5.74) is 1.41. The van der Waals surface area contributed by atoms with E-state index < -0.39 is 0 Å². The topological polar surface area (TPSA) is 64.1 Å². The predicted octanol–water partition coefficient (Wildman–Crippen LogP) is 3.40. The Morgan fingerprint density at radius 2 is 2.14 bits per heavy atom. The molecule has 0 aliphatic carbocycles. The summed E-state index contributed by atoms with van der Waals surface area (Å²) in [7, 11) is 1.67. The number of hydrogen-bond acceptors (Lipinski definition) is 5. The molecule has 0 saturated carbocycles. The molecule has 0 fully saturated rings. The molecule has 1 aromatic heterocycles. The summed E-state index contributed by atoms with van der Waals surface area (Å²) in [5, 5.41) is 3.32. The maximum absolute atomic E-state index is 12.1. The molecule has 1 N–H and O–H groups in total. The standard InChI is InChI=1S/C14H13Cl2N3O2/c1-8-3-4-9(10(15)5-8)11(20)7-21-12-6-18-14(16)19-13(12)17-2/h3-6H,7H2,1-2H3,(H,17,18,19). The van der Waals surface area contributed by atoms with Gasteiger partial charge in [0.2, 0.25) is 11.1 Å². The smallest absolute Gasteiger partial charge is 0.224 e. The molecule has 2 aromatic rings. The lowest BCUT2D eigenvalue weighted by atomic mass is 10.1. The van der Waals surface area contributed by atoms with Gasteiger partial charge in [-0.1, -0.05) is 17.7 Å². The lowest BCUT2D eigenvalue weighted by molar-refractivity contribution is 0.0922. The number of nitrogens with one attached hydrogen (secondary N) is 1. The highest BCUT2D eigenvalue weighted by Gasteiger charge is 2.13. The third-order valence-electron chi connectivity index (χ3n) is 2.75. The molecule has 0 unspecified atom stereocenters. The number of Topliss-reactive ketones (excluding diaryl/α,β-unsaturated/α-hetero) is 1. The molecule has 2 rings (SSSR count). The van der Waals surface area contributed by atoms with Gasteiger partial charge in [0.15, 0.2) is 18.2 Å². The zero-order valence-electron chi connectivity index (χ0n) is 11.5. The number of aryl methyl sites for hydroxylation is 1. The van der Waals surface area contributed by atoms with Crippen LogP contribution in [0.5, 0.6) is 5.75 Å². The van der Waals surface area contributed by atoms with Crippen LogP contribution in [0.2, 0.25) is 10.3 Å². The van der Waals surface area contributed by atoms with Crippen LogP contribution in [0, 0.1) is 6.92 Å². The first-order valence-electron chi connectivity index (χ1n) is 6.13. The van der Waals surface area contributed by atoms with Crippen LogP contribution in [0.25, 0.3) is 0 Å². The monoisotopic (exact) mass is 325 g/mol. The van der Waals surface area contributed by atoms with E-state index in [0.717, 1.165) is 5.56 Å². The zero-order chi connectivity index (χ0) is 15.4. The van der Waals surface area contributed by atoms with Gasteiger partial charge in [0.1, 0.15) is 0 Å². The summed E-state index contributed by atoms with van der Waals surface area (Å²) in [4.78, 5) is 19.9. The van der Waals surface area contributed by atoms with Crippen LogP contribution < -0.4 is 10.1 Å². The molecule has 1 heterocycles. The van der Waals surface area contributed by atoms with E-state index in [9.17, 15) is 4.79 Å². The highest BCUT2D eigenvalue weighted by Crippen LogP contribution is 2.23. The number of aromatic nitrogens is 2. The lowest BCUT2D eigenvalue weighted by Crippen LogP contribution is -2.13. The normalized spacial score (nSPS) is 10.3. The van der Waals surface area contributed by atoms with Crippen LogP contribution >= 0.6 is 23.2 Å². The van der Waals surface area contributed by atoms with Crippen molar-refractivity contribution in [1.29, 1.82) is 0 Å². The van der Waals surface area contributed by atoms with Crippen molar-refractivity contribution in [3.8, 4) is 5.75 Å². The molecule has 110 valence electrons. The summed E-state index contributed by atoms with van der Waals surface area (Å²) < 4.78 is 5.43. The first-order valence-corrected chi connectivity index (χ1v) is 6.89. The van der Waals surface area contributed by atoms with E-state index in [2.05, 4.69) is 15.3 Å². The zero-order valence-corrected chi connectivity index (χ0v) is 13.0. The summed E-state index contributed by atoms with van der Waals surface area (Å²) >= 11 is 11.7. The minimum Gasteiger partial charge on any atom is -0.480 e. The number of anilines is 1. The second-order valence-electron chi connectivity index (χ2n) is 4.30. The van der Waals surface area contributed by atoms with Gasteiger partial charge in [0.25, 0.3) is 0 Å². The van der Waals surface area contributed by atoms with Gasteiger partial charge in [-0.25, -0.2) is 4.98 Å². The number of carbonyl (C=O) groups is 1. The van der Waals surface area contributed by atoms with Crippen molar-refractivity contribution >= 4 is 34.8 Å². The summed E-state index contributed by atoms with van der Waals surface area (Å²) in [6.07, 6.45) is 1.41. The molecule has 0 spiro atoms. The van der Waals surface area contributed by atoms with E-state index in [4.69, 9.17) is 27.9 Å². The first kappa shape index (κ1) is 15.5. The maximum atomic E-state index is 12.1. The molecule has 0 radical (unpaired) electrons. The van der Waals surface area contributed by atoms with Crippen molar-refractivity contribution in [2.45, 2.75) is 6.92 Å². The molecule has 0 atom stereocenters. The van der Waals surface area contributed by atoms with Crippen LogP contribution in [0.1, 0.15) is 15.9 Å². The van der Waals surface area contributed by atoms with E-state index in [1.165, 1.54) is 6.20 Å². The number of hydrogen-bond donors (Lipinski definition) is 1. The van der Waals surface area contributed by atoms with Crippen LogP contribution in [0.4, 0.5) is 5.82 Å². The number of ketones is 1. The average Bonchev–Trinajstić information content (AvgIpc) is 2.45. The van der Waals surface area contributed by atoms with E-state index >= 15 is 0 Å². The fraction of sp³-hybridized carbons (Fsp3) is 0.214. The molecule has 0 aliphatic heterocycles. The summed E-state index contributed by atoms with van der Waals surface area (Å²) in [6, 6.07) is 5.24. The Kier molecular flexibility index (Phi) is 4.98. The number of ether oxygens (including phenoxy) is 1. The molecule has 5 nitrogen and oxygen atoms in total. The lowest BCUT2D eigenvalue weighted by Gasteiger charge is -2.10. The Bertz CT molecular complexity index is 677. The van der Waals surface area contributed by atoms with Gasteiger partial charge in [-0.2, -0.15) is 4.98 Å². The molecule has 7 heteroatoms. The maximum Gasteiger partial charge on any atom is 0.224 e. The number of rotatable bonds is 5. The third kappa shape index (κ3) is 3.83. The fourth-order valence-electron chi connectivity index (χ4n) is 1.70. The average molecular weight is 326 g/mol. The molecule has 0 bridgehead atoms. The van der Waals surface area contributed by atoms with Crippen molar-refractivity contribution in [2.75, 3.05) is 19.0 Å². The summed E-state index contributed by atoms with van der Waals surface area (Å²) in [5.74, 6) is 0.535. The molecular weight excluding hydrogens is 313 g/mol. The van der Waals surface area contributed by atoms with Crippen molar-refractivity contribution in [2.24, 2.45) is 0 Å². The van der Waals surface area contributed by atoms with E-state index in [1.54, 1.807) is 19.2 Å². The van der Waals surface area contributed by atoms with Gasteiger partial charge in [-0.3, -0.25) is 4.79 Å². The Labute approximate surface area is 132 Å². The van der Waals surface area contributed by atoms with Gasteiger partial charge in [-0.05, 0) is 36.2 Å².